The van der Waals surface area contributed by atoms with Gasteiger partial charge in [0.25, 0.3) is 0 Å². The number of carbonyl (C=O) groups is 1. The number of carbonyl (C=O) groups excluding carboxylic acids is 1. The predicted octanol–water partition coefficient (Wildman–Crippen LogP) is 3.11. The molecular formula is C13H17ClN2O. The van der Waals surface area contributed by atoms with E-state index < -0.39 is 0 Å². The fraction of sp³-hybridized carbons (Fsp3) is 0.308. The predicted molar refractivity (Wildman–Crippen MR) is 71.1 cm³/mol. The lowest BCUT2D eigenvalue weighted by atomic mass is 10.1. The Morgan fingerprint density at radius 1 is 1.47 bits per heavy atom. The van der Waals surface area contributed by atoms with Gasteiger partial charge in [0.15, 0.2) is 0 Å². The van der Waals surface area contributed by atoms with Gasteiger partial charge in [-0.2, -0.15) is 0 Å². The maximum absolute atomic E-state index is 11.3. The average Bonchev–Trinajstić information content (AvgIpc) is 2.29. The van der Waals surface area contributed by atoms with Crippen LogP contribution in [0, 0.1) is 0 Å². The molecule has 0 saturated heterocycles. The number of hydrogen-bond acceptors (Lipinski definition) is 1. The van der Waals surface area contributed by atoms with Crippen LogP contribution in [0.5, 0.6) is 0 Å². The molecule has 0 aliphatic rings. The molecule has 2 amide bonds. The van der Waals surface area contributed by atoms with E-state index in [-0.39, 0.29) is 6.03 Å². The summed E-state index contributed by atoms with van der Waals surface area (Å²) >= 11 is 5.86. The maximum atomic E-state index is 11.3. The number of benzene rings is 1. The molecule has 0 aliphatic heterocycles. The van der Waals surface area contributed by atoms with E-state index in [9.17, 15) is 4.79 Å². The zero-order valence-electron chi connectivity index (χ0n) is 9.87. The van der Waals surface area contributed by atoms with Crippen LogP contribution in [0.3, 0.4) is 0 Å². The van der Waals surface area contributed by atoms with Gasteiger partial charge in [0, 0.05) is 17.8 Å². The molecule has 1 aromatic carbocycles. The number of amides is 2. The first kappa shape index (κ1) is 13.6. The molecular weight excluding hydrogens is 236 g/mol. The minimum Gasteiger partial charge on any atom is -0.338 e. The molecule has 0 fully saturated rings. The van der Waals surface area contributed by atoms with Crippen molar-refractivity contribution in [3.63, 3.8) is 0 Å². The van der Waals surface area contributed by atoms with Crippen molar-refractivity contribution in [2.75, 3.05) is 6.54 Å². The van der Waals surface area contributed by atoms with E-state index in [1.165, 1.54) is 0 Å². The van der Waals surface area contributed by atoms with Crippen molar-refractivity contribution in [1.29, 1.82) is 0 Å². The van der Waals surface area contributed by atoms with Crippen LogP contribution in [0.25, 0.3) is 0 Å². The first-order valence-corrected chi connectivity index (χ1v) is 6.04. The third-order valence-electron chi connectivity index (χ3n) is 2.16. The summed E-state index contributed by atoms with van der Waals surface area (Å²) < 4.78 is 0. The van der Waals surface area contributed by atoms with Crippen molar-refractivity contribution in [2.24, 2.45) is 0 Å². The van der Waals surface area contributed by atoms with Crippen LogP contribution in [0.15, 0.2) is 36.5 Å². The lowest BCUT2D eigenvalue weighted by Gasteiger charge is -2.05. The normalized spacial score (nSPS) is 10.5. The number of nitrogens with one attached hydrogen (secondary N) is 2. The molecule has 0 aromatic heterocycles. The highest BCUT2D eigenvalue weighted by Gasteiger charge is 1.97. The smallest absolute Gasteiger partial charge is 0.318 e. The largest absolute Gasteiger partial charge is 0.338 e. The number of allylic oxidation sites excluding steroid dienone is 1. The minimum absolute atomic E-state index is 0.184. The van der Waals surface area contributed by atoms with E-state index >= 15 is 0 Å². The quantitative estimate of drug-likeness (QED) is 0.831. The highest BCUT2D eigenvalue weighted by atomic mass is 35.5. The topological polar surface area (TPSA) is 41.1 Å². The molecule has 0 heterocycles. The Hall–Kier alpha value is -1.48. The zero-order chi connectivity index (χ0) is 12.5. The molecule has 1 aromatic rings. The van der Waals surface area contributed by atoms with E-state index in [1.807, 2.05) is 37.3 Å². The summed E-state index contributed by atoms with van der Waals surface area (Å²) in [5.41, 5.74) is 1.11. The van der Waals surface area contributed by atoms with Gasteiger partial charge >= 0.3 is 6.03 Å². The molecule has 0 unspecified atom stereocenters. The summed E-state index contributed by atoms with van der Waals surface area (Å²) in [7, 11) is 0. The van der Waals surface area contributed by atoms with E-state index in [1.54, 1.807) is 6.20 Å². The molecule has 4 heteroatoms. The SMILES string of the molecule is CC/C=C/NC(=O)NCCc1cccc(Cl)c1. The standard InChI is InChI=1S/C13H17ClN2O/c1-2-3-8-15-13(17)16-9-7-11-5-4-6-12(14)10-11/h3-6,8,10H,2,7,9H2,1H3,(H2,15,16,17)/b8-3+. The molecule has 0 saturated carbocycles. The van der Waals surface area contributed by atoms with E-state index in [4.69, 9.17) is 11.6 Å². The lowest BCUT2D eigenvalue weighted by molar-refractivity contribution is 0.244. The molecule has 17 heavy (non-hydrogen) atoms. The van der Waals surface area contributed by atoms with Gasteiger partial charge in [-0.05, 0) is 30.5 Å². The Morgan fingerprint density at radius 3 is 3.00 bits per heavy atom. The Labute approximate surface area is 107 Å². The second-order valence-corrected chi connectivity index (χ2v) is 4.03. The fourth-order valence-corrected chi connectivity index (χ4v) is 1.53. The Kier molecular flexibility index (Phi) is 6.18. The van der Waals surface area contributed by atoms with Gasteiger partial charge in [-0.25, -0.2) is 4.79 Å². The second kappa shape index (κ2) is 7.74. The third kappa shape index (κ3) is 5.97. The third-order valence-corrected chi connectivity index (χ3v) is 2.39. The molecule has 1 rings (SSSR count). The number of urea groups is 1. The van der Waals surface area contributed by atoms with Gasteiger partial charge in [0.2, 0.25) is 0 Å². The number of halogens is 1. The average molecular weight is 253 g/mol. The molecule has 0 aliphatic carbocycles. The van der Waals surface area contributed by atoms with Gasteiger partial charge in [-0.1, -0.05) is 36.7 Å². The molecule has 2 N–H and O–H groups in total. The lowest BCUT2D eigenvalue weighted by Crippen LogP contribution is -2.33. The van der Waals surface area contributed by atoms with Crippen molar-refractivity contribution in [1.82, 2.24) is 10.6 Å². The Balaban J connectivity index is 2.23. The highest BCUT2D eigenvalue weighted by Crippen LogP contribution is 2.10. The van der Waals surface area contributed by atoms with Gasteiger partial charge < -0.3 is 10.6 Å². The minimum atomic E-state index is -0.184. The molecule has 0 radical (unpaired) electrons. The molecule has 0 atom stereocenters. The van der Waals surface area contributed by atoms with Crippen LogP contribution in [0.1, 0.15) is 18.9 Å². The summed E-state index contributed by atoms with van der Waals surface area (Å²) in [6.07, 6.45) is 5.21. The summed E-state index contributed by atoms with van der Waals surface area (Å²) in [4.78, 5) is 11.3. The molecule has 0 bridgehead atoms. The van der Waals surface area contributed by atoms with E-state index in [0.717, 1.165) is 23.4 Å². The van der Waals surface area contributed by atoms with Crippen LogP contribution in [-0.2, 0) is 6.42 Å². The molecule has 92 valence electrons. The van der Waals surface area contributed by atoms with Crippen molar-refractivity contribution >= 4 is 17.6 Å². The zero-order valence-corrected chi connectivity index (χ0v) is 10.6. The van der Waals surface area contributed by atoms with Crippen molar-refractivity contribution in [2.45, 2.75) is 19.8 Å². The molecule has 0 spiro atoms. The van der Waals surface area contributed by atoms with Gasteiger partial charge in [0.05, 0.1) is 0 Å². The Bertz CT molecular complexity index is 391. The van der Waals surface area contributed by atoms with E-state index in [0.29, 0.717) is 6.54 Å². The maximum Gasteiger partial charge on any atom is 0.318 e. The van der Waals surface area contributed by atoms with Crippen molar-refractivity contribution in [3.8, 4) is 0 Å². The van der Waals surface area contributed by atoms with Crippen molar-refractivity contribution in [3.05, 3.63) is 47.1 Å². The van der Waals surface area contributed by atoms with Crippen LogP contribution in [-0.4, -0.2) is 12.6 Å². The Morgan fingerprint density at radius 2 is 2.29 bits per heavy atom. The van der Waals surface area contributed by atoms with Crippen LogP contribution in [0.2, 0.25) is 5.02 Å². The van der Waals surface area contributed by atoms with E-state index in [2.05, 4.69) is 10.6 Å². The first-order valence-electron chi connectivity index (χ1n) is 5.66. The van der Waals surface area contributed by atoms with Crippen LogP contribution >= 0.6 is 11.6 Å². The van der Waals surface area contributed by atoms with Crippen LogP contribution in [0.4, 0.5) is 4.79 Å². The highest BCUT2D eigenvalue weighted by molar-refractivity contribution is 6.30. The first-order chi connectivity index (χ1) is 8.22. The van der Waals surface area contributed by atoms with Crippen molar-refractivity contribution < 1.29 is 4.79 Å². The van der Waals surface area contributed by atoms with Gasteiger partial charge in [-0.3, -0.25) is 0 Å². The summed E-state index contributed by atoms with van der Waals surface area (Å²) in [6, 6.07) is 7.44. The molecule has 3 nitrogen and oxygen atoms in total. The number of hydrogen-bond donors (Lipinski definition) is 2. The summed E-state index contributed by atoms with van der Waals surface area (Å²) in [5.74, 6) is 0. The van der Waals surface area contributed by atoms with Gasteiger partial charge in [0.1, 0.15) is 0 Å². The van der Waals surface area contributed by atoms with Gasteiger partial charge in [-0.15, -0.1) is 0 Å². The monoisotopic (exact) mass is 252 g/mol. The second-order valence-electron chi connectivity index (χ2n) is 3.59. The van der Waals surface area contributed by atoms with Crippen LogP contribution < -0.4 is 10.6 Å². The number of rotatable bonds is 5. The fourth-order valence-electron chi connectivity index (χ4n) is 1.32. The summed E-state index contributed by atoms with van der Waals surface area (Å²) in [6.45, 7) is 2.60. The summed E-state index contributed by atoms with van der Waals surface area (Å²) in [5, 5.41) is 6.11.